The molecule has 0 saturated carbocycles. The summed E-state index contributed by atoms with van der Waals surface area (Å²) in [5, 5.41) is 3.54. The molecule has 1 aromatic carbocycles. The van der Waals surface area contributed by atoms with E-state index in [0.717, 1.165) is 10.0 Å². The van der Waals surface area contributed by atoms with Crippen LogP contribution in [0.1, 0.15) is 12.0 Å². The number of alkyl halides is 1. The second-order valence-corrected chi connectivity index (χ2v) is 4.45. The van der Waals surface area contributed by atoms with Gasteiger partial charge < -0.3 is 5.32 Å². The monoisotopic (exact) mass is 319 g/mol. The highest BCUT2D eigenvalue weighted by Gasteiger charge is 2.01. The fraction of sp³-hybridized carbons (Fsp3) is 0.300. The first-order valence-corrected chi connectivity index (χ1v) is 6.21. The van der Waals surface area contributed by atoms with Gasteiger partial charge in [0.25, 0.3) is 0 Å². The number of hydrogen-bond donors (Lipinski definition) is 1. The van der Waals surface area contributed by atoms with E-state index in [9.17, 15) is 4.79 Å². The van der Waals surface area contributed by atoms with Crippen molar-refractivity contribution in [2.45, 2.75) is 13.0 Å². The van der Waals surface area contributed by atoms with E-state index in [-0.39, 0.29) is 5.91 Å². The molecule has 4 heteroatoms. The predicted molar refractivity (Wildman–Crippen MR) is 64.4 cm³/mol. The Morgan fingerprint density at radius 1 is 1.36 bits per heavy atom. The minimum atomic E-state index is 0.0672. The van der Waals surface area contributed by atoms with Crippen molar-refractivity contribution in [1.29, 1.82) is 0 Å². The molecule has 1 aromatic rings. The molecule has 76 valence electrons. The van der Waals surface area contributed by atoms with Crippen LogP contribution in [0.4, 0.5) is 0 Å². The molecule has 0 heterocycles. The maximum Gasteiger partial charge on any atom is 0.221 e. The second kappa shape index (κ2) is 6.19. The molecule has 1 rings (SSSR count). The van der Waals surface area contributed by atoms with Crippen LogP contribution in [0.3, 0.4) is 0 Å². The van der Waals surface area contributed by atoms with Gasteiger partial charge in [-0.1, -0.05) is 50.1 Å². The lowest BCUT2D eigenvalue weighted by molar-refractivity contribution is -0.120. The van der Waals surface area contributed by atoms with Crippen LogP contribution in [0.5, 0.6) is 0 Å². The van der Waals surface area contributed by atoms with Crippen LogP contribution in [0, 0.1) is 0 Å². The van der Waals surface area contributed by atoms with Crippen molar-refractivity contribution in [2.24, 2.45) is 0 Å². The van der Waals surface area contributed by atoms with E-state index >= 15 is 0 Å². The molecule has 14 heavy (non-hydrogen) atoms. The van der Waals surface area contributed by atoms with E-state index in [1.54, 1.807) is 0 Å². The van der Waals surface area contributed by atoms with E-state index in [0.29, 0.717) is 18.3 Å². The summed E-state index contributed by atoms with van der Waals surface area (Å²) >= 11 is 6.65. The maximum atomic E-state index is 11.2. The second-order valence-electron chi connectivity index (χ2n) is 2.81. The van der Waals surface area contributed by atoms with Crippen molar-refractivity contribution in [3.8, 4) is 0 Å². The van der Waals surface area contributed by atoms with Gasteiger partial charge in [-0.2, -0.15) is 0 Å². The van der Waals surface area contributed by atoms with Gasteiger partial charge in [0.2, 0.25) is 5.91 Å². The topological polar surface area (TPSA) is 29.1 Å². The molecular formula is C10H11Br2NO. The van der Waals surface area contributed by atoms with Crippen molar-refractivity contribution in [3.63, 3.8) is 0 Å². The van der Waals surface area contributed by atoms with E-state index in [2.05, 4.69) is 37.2 Å². The normalized spacial score (nSPS) is 9.86. The van der Waals surface area contributed by atoms with Crippen LogP contribution in [-0.4, -0.2) is 11.2 Å². The highest BCUT2D eigenvalue weighted by Crippen LogP contribution is 2.15. The van der Waals surface area contributed by atoms with Gasteiger partial charge in [0.15, 0.2) is 0 Å². The molecule has 0 aromatic heterocycles. The lowest BCUT2D eigenvalue weighted by Crippen LogP contribution is -2.22. The zero-order valence-corrected chi connectivity index (χ0v) is 10.8. The van der Waals surface area contributed by atoms with Gasteiger partial charge >= 0.3 is 0 Å². The van der Waals surface area contributed by atoms with Gasteiger partial charge in [-0.15, -0.1) is 0 Å². The number of amides is 1. The molecule has 0 bridgehead atoms. The summed E-state index contributed by atoms with van der Waals surface area (Å²) < 4.78 is 1.03. The van der Waals surface area contributed by atoms with Gasteiger partial charge in [-0.3, -0.25) is 4.79 Å². The Morgan fingerprint density at radius 3 is 2.71 bits per heavy atom. The van der Waals surface area contributed by atoms with Crippen LogP contribution < -0.4 is 5.32 Å². The Labute approximate surface area is 100 Å². The molecule has 0 atom stereocenters. The van der Waals surface area contributed by atoms with Gasteiger partial charge in [0.1, 0.15) is 0 Å². The number of halogens is 2. The summed E-state index contributed by atoms with van der Waals surface area (Å²) in [5.74, 6) is 0.0672. The summed E-state index contributed by atoms with van der Waals surface area (Å²) in [6.45, 7) is 0.577. The van der Waals surface area contributed by atoms with Gasteiger partial charge in [0, 0.05) is 22.8 Å². The summed E-state index contributed by atoms with van der Waals surface area (Å²) in [4.78, 5) is 11.2. The minimum Gasteiger partial charge on any atom is -0.352 e. The highest BCUT2D eigenvalue weighted by atomic mass is 79.9. The first-order chi connectivity index (χ1) is 6.74. The fourth-order valence-corrected chi connectivity index (χ4v) is 1.79. The quantitative estimate of drug-likeness (QED) is 0.849. The molecule has 0 aliphatic rings. The highest BCUT2D eigenvalue weighted by molar-refractivity contribution is 9.10. The van der Waals surface area contributed by atoms with E-state index in [1.807, 2.05) is 24.3 Å². The van der Waals surface area contributed by atoms with E-state index < -0.39 is 0 Å². The maximum absolute atomic E-state index is 11.2. The number of benzene rings is 1. The smallest absolute Gasteiger partial charge is 0.221 e. The Kier molecular flexibility index (Phi) is 5.19. The molecule has 1 amide bonds. The number of rotatable bonds is 4. The van der Waals surface area contributed by atoms with E-state index in [1.165, 1.54) is 0 Å². The first-order valence-electron chi connectivity index (χ1n) is 4.30. The van der Waals surface area contributed by atoms with Gasteiger partial charge in [-0.25, -0.2) is 0 Å². The lowest BCUT2D eigenvalue weighted by atomic mass is 10.2. The third-order valence-electron chi connectivity index (χ3n) is 1.76. The van der Waals surface area contributed by atoms with Crippen LogP contribution >= 0.6 is 31.9 Å². The zero-order chi connectivity index (χ0) is 10.4. The molecular weight excluding hydrogens is 310 g/mol. The summed E-state index contributed by atoms with van der Waals surface area (Å²) in [6.07, 6.45) is 0.518. The first kappa shape index (κ1) is 11.7. The van der Waals surface area contributed by atoms with Crippen LogP contribution in [0.15, 0.2) is 28.7 Å². The van der Waals surface area contributed by atoms with Crippen molar-refractivity contribution >= 4 is 37.8 Å². The Hall–Kier alpha value is -0.350. The molecule has 0 unspecified atom stereocenters. The summed E-state index contributed by atoms with van der Waals surface area (Å²) in [6, 6.07) is 7.86. The average molecular weight is 321 g/mol. The SMILES string of the molecule is O=C(CCBr)NCc1ccccc1Br. The average Bonchev–Trinajstić information content (AvgIpc) is 2.17. The zero-order valence-electron chi connectivity index (χ0n) is 7.59. The van der Waals surface area contributed by atoms with Crippen molar-refractivity contribution in [2.75, 3.05) is 5.33 Å². The van der Waals surface area contributed by atoms with Crippen molar-refractivity contribution in [3.05, 3.63) is 34.3 Å². The summed E-state index contributed by atoms with van der Waals surface area (Å²) in [5.41, 5.74) is 1.09. The fourth-order valence-electron chi connectivity index (χ4n) is 1.01. The number of carbonyl (C=O) groups is 1. The van der Waals surface area contributed by atoms with Gasteiger partial charge in [0.05, 0.1) is 0 Å². The predicted octanol–water partition coefficient (Wildman–Crippen LogP) is 2.85. The molecule has 0 aliphatic heterocycles. The standard InChI is InChI=1S/C10H11Br2NO/c11-6-5-10(14)13-7-8-3-1-2-4-9(8)12/h1-4H,5-7H2,(H,13,14). The number of hydrogen-bond acceptors (Lipinski definition) is 1. The molecule has 0 spiro atoms. The largest absolute Gasteiger partial charge is 0.352 e. The number of carbonyl (C=O) groups excluding carboxylic acids is 1. The molecule has 0 radical (unpaired) electrons. The molecule has 0 fully saturated rings. The Bertz CT molecular complexity index is 315. The Balaban J connectivity index is 2.46. The van der Waals surface area contributed by atoms with Crippen LogP contribution in [0.25, 0.3) is 0 Å². The third-order valence-corrected chi connectivity index (χ3v) is 2.93. The van der Waals surface area contributed by atoms with Crippen molar-refractivity contribution < 1.29 is 4.79 Å². The van der Waals surface area contributed by atoms with Crippen LogP contribution in [0.2, 0.25) is 0 Å². The molecule has 2 nitrogen and oxygen atoms in total. The van der Waals surface area contributed by atoms with Crippen LogP contribution in [-0.2, 0) is 11.3 Å². The molecule has 0 aliphatic carbocycles. The third kappa shape index (κ3) is 3.80. The van der Waals surface area contributed by atoms with Crippen molar-refractivity contribution in [1.82, 2.24) is 5.32 Å². The van der Waals surface area contributed by atoms with Gasteiger partial charge in [-0.05, 0) is 11.6 Å². The van der Waals surface area contributed by atoms with E-state index in [4.69, 9.17) is 0 Å². The molecule has 1 N–H and O–H groups in total. The number of nitrogens with one attached hydrogen (secondary N) is 1. The summed E-state index contributed by atoms with van der Waals surface area (Å²) in [7, 11) is 0. The Morgan fingerprint density at radius 2 is 2.07 bits per heavy atom. The minimum absolute atomic E-state index is 0.0672. The lowest BCUT2D eigenvalue weighted by Gasteiger charge is -2.05. The molecule has 0 saturated heterocycles.